The Morgan fingerprint density at radius 2 is 1.44 bits per heavy atom. The molecule has 2 aromatic carbocycles. The fourth-order valence-corrected chi connectivity index (χ4v) is 8.63. The second kappa shape index (κ2) is 20.3. The molecule has 0 unspecified atom stereocenters. The van der Waals surface area contributed by atoms with E-state index in [9.17, 15) is 13.2 Å². The molecule has 0 spiro atoms. The summed E-state index contributed by atoms with van der Waals surface area (Å²) in [4.78, 5) is 33.0. The van der Waals surface area contributed by atoms with E-state index in [1.54, 1.807) is 12.4 Å². The van der Waals surface area contributed by atoms with Gasteiger partial charge in [0.1, 0.15) is 5.82 Å². The van der Waals surface area contributed by atoms with Crippen LogP contribution in [0, 0.1) is 6.92 Å². The number of pyridine rings is 2. The highest BCUT2D eigenvalue weighted by Gasteiger charge is 2.32. The average molecular weight is 953 g/mol. The van der Waals surface area contributed by atoms with Crippen LogP contribution in [0.2, 0.25) is 5.02 Å². The Kier molecular flexibility index (Phi) is 14.3. The second-order valence-electron chi connectivity index (χ2n) is 16.8. The summed E-state index contributed by atoms with van der Waals surface area (Å²) in [7, 11) is 6.30. The minimum absolute atomic E-state index is 0.278. The van der Waals surface area contributed by atoms with Gasteiger partial charge in [-0.2, -0.15) is 13.2 Å². The Labute approximate surface area is 397 Å². The maximum Gasteiger partial charge on any atom is 0.416 e. The first-order valence-corrected chi connectivity index (χ1v) is 22.7. The molecule has 0 aliphatic carbocycles. The number of hydrogen-bond acceptors (Lipinski definition) is 13. The molecule has 9 rings (SSSR count). The number of aromatic nitrogens is 6. The van der Waals surface area contributed by atoms with E-state index in [1.807, 2.05) is 49.6 Å². The zero-order valence-corrected chi connectivity index (χ0v) is 39.2. The topological polar surface area (TPSA) is 144 Å². The van der Waals surface area contributed by atoms with Gasteiger partial charge in [-0.3, -0.25) is 4.98 Å². The quantitative estimate of drug-likeness (QED) is 0.0831. The number of anilines is 7. The van der Waals surface area contributed by atoms with Crippen LogP contribution in [0.5, 0.6) is 0 Å². The first kappa shape index (κ1) is 46.6. The molecule has 1 saturated heterocycles. The fourth-order valence-electron chi connectivity index (χ4n) is 7.93. The highest BCUT2D eigenvalue weighted by molar-refractivity contribution is 7.80. The molecule has 0 radical (unpaired) electrons. The number of likely N-dealkylation sites (tertiary alicyclic amines) is 1. The molecule has 19 heteroatoms. The van der Waals surface area contributed by atoms with E-state index in [0.29, 0.717) is 52.0 Å². The van der Waals surface area contributed by atoms with Crippen molar-refractivity contribution >= 4 is 86.5 Å². The molecular formula is C47H49ClF3N13S2. The van der Waals surface area contributed by atoms with E-state index < -0.39 is 11.7 Å². The Morgan fingerprint density at radius 1 is 0.803 bits per heavy atom. The predicted molar refractivity (Wildman–Crippen MR) is 266 cm³/mol. The van der Waals surface area contributed by atoms with Crippen molar-refractivity contribution in [2.75, 3.05) is 67.4 Å². The van der Waals surface area contributed by atoms with E-state index in [2.05, 4.69) is 88.5 Å². The van der Waals surface area contributed by atoms with Gasteiger partial charge in [-0.05, 0) is 127 Å². The Bertz CT molecular complexity index is 2760. The monoisotopic (exact) mass is 951 g/mol. The van der Waals surface area contributed by atoms with Crippen molar-refractivity contribution in [2.24, 2.45) is 0 Å². The van der Waals surface area contributed by atoms with Crippen molar-refractivity contribution in [3.8, 4) is 22.5 Å². The van der Waals surface area contributed by atoms with Gasteiger partial charge in [0.2, 0.25) is 11.9 Å². The van der Waals surface area contributed by atoms with Crippen molar-refractivity contribution < 1.29 is 13.2 Å². The highest BCUT2D eigenvalue weighted by Crippen LogP contribution is 2.39. The number of aryl methyl sites for hydroxylation is 2. The van der Waals surface area contributed by atoms with E-state index in [0.717, 1.165) is 113 Å². The molecule has 13 nitrogen and oxygen atoms in total. The number of halogens is 4. The molecule has 1 fully saturated rings. The molecule has 0 amide bonds. The molecule has 66 heavy (non-hydrogen) atoms. The number of hydrogen-bond donors (Lipinski definition) is 5. The molecule has 6 aromatic rings. The highest BCUT2D eigenvalue weighted by atomic mass is 35.5. The summed E-state index contributed by atoms with van der Waals surface area (Å²) < 4.78 is 39.8. The minimum atomic E-state index is -4.45. The van der Waals surface area contributed by atoms with Gasteiger partial charge in [-0.1, -0.05) is 42.1 Å². The van der Waals surface area contributed by atoms with Crippen LogP contribution in [0.1, 0.15) is 47.2 Å². The molecular weight excluding hydrogens is 903 g/mol. The number of rotatable bonds is 10. The Balaban J connectivity index is 0.000000182. The largest absolute Gasteiger partial charge is 0.416 e. The molecule has 3 aliphatic heterocycles. The maximum atomic E-state index is 13.3. The lowest BCUT2D eigenvalue weighted by atomic mass is 10.0. The summed E-state index contributed by atoms with van der Waals surface area (Å²) in [5, 5.41) is 16.8. The first-order valence-electron chi connectivity index (χ1n) is 21.5. The van der Waals surface area contributed by atoms with Crippen molar-refractivity contribution in [1.29, 1.82) is 0 Å². The van der Waals surface area contributed by atoms with Crippen LogP contribution in [0.4, 0.5) is 53.6 Å². The molecule has 0 bridgehead atoms. The van der Waals surface area contributed by atoms with E-state index in [-0.39, 0.29) is 5.69 Å². The Hall–Kier alpha value is -5.92. The Morgan fingerprint density at radius 3 is 2.08 bits per heavy atom. The van der Waals surface area contributed by atoms with Crippen LogP contribution in [-0.4, -0.2) is 96.5 Å². The lowest BCUT2D eigenvalue weighted by Crippen LogP contribution is -2.36. The fraction of sp³-hybridized carbons (Fsp3) is 0.319. The van der Waals surface area contributed by atoms with Crippen LogP contribution < -0.4 is 26.6 Å². The summed E-state index contributed by atoms with van der Waals surface area (Å²) in [6.45, 7) is 5.08. The second-order valence-corrected chi connectivity index (χ2v) is 18.2. The minimum Gasteiger partial charge on any atom is -0.367 e. The molecule has 3 aliphatic rings. The number of nitrogens with one attached hydrogen (secondary N) is 5. The van der Waals surface area contributed by atoms with Crippen LogP contribution >= 0.6 is 36.0 Å². The molecule has 342 valence electrons. The lowest BCUT2D eigenvalue weighted by molar-refractivity contribution is -0.137. The predicted octanol–water partition coefficient (Wildman–Crippen LogP) is 10.1. The normalized spacial score (nSPS) is 14.8. The molecule has 0 atom stereocenters. The van der Waals surface area contributed by atoms with Gasteiger partial charge < -0.3 is 36.4 Å². The SMILES string of the molecule is CN(C)CCCc1cncc(Nc2ncc3c(n2)-c2ccc(Cl)cc2NC(=S)C3)c1.Cc1nc(NC2CCN(C)CC2)ccc1Nc1ncc2c(n1)-c1ccc(C(F)(F)F)cc1NC(=S)C2. The van der Waals surface area contributed by atoms with Crippen LogP contribution in [-0.2, 0) is 25.4 Å². The van der Waals surface area contributed by atoms with Gasteiger partial charge in [0.15, 0.2) is 0 Å². The van der Waals surface area contributed by atoms with E-state index in [1.165, 1.54) is 11.6 Å². The molecule has 0 saturated carbocycles. The molecule has 5 N–H and O–H groups in total. The van der Waals surface area contributed by atoms with Crippen molar-refractivity contribution in [3.05, 3.63) is 112 Å². The zero-order chi connectivity index (χ0) is 46.5. The third kappa shape index (κ3) is 11.7. The number of benzene rings is 2. The third-order valence-electron chi connectivity index (χ3n) is 11.3. The standard InChI is InChI=1S/C25H26F3N7S.C22H23ClN6S/c1-14-19(5-6-21(30-14)31-17-7-9-35(2)10-8-17)33-24-29-13-15-11-22(36)32-20-12-16(25(26,27)28)3-4-18(20)23(15)34-24;1-29(2)7-3-4-14-8-17(13-24-11-14)26-22-25-12-15-9-20(30)27-19-10-16(23)5-6-18(19)21(15)28-22/h3-6,12-13,17H,7-11H2,1-2H3,(H,30,31)(H,32,36)(H,29,33,34);5-6,8,10-13H,3-4,7,9H2,1-2H3,(H,27,30)(H,25,26,28). The van der Waals surface area contributed by atoms with Crippen molar-refractivity contribution in [2.45, 2.75) is 57.7 Å². The summed E-state index contributed by atoms with van der Waals surface area (Å²) in [6, 6.07) is 15.6. The third-order valence-corrected chi connectivity index (χ3v) is 12.1. The van der Waals surface area contributed by atoms with Gasteiger partial charge in [0, 0.05) is 76.1 Å². The average Bonchev–Trinajstić information content (AvgIpc) is 3.50. The van der Waals surface area contributed by atoms with Gasteiger partial charge in [0.25, 0.3) is 0 Å². The molecule has 4 aromatic heterocycles. The number of alkyl halides is 3. The van der Waals surface area contributed by atoms with Crippen LogP contribution in [0.15, 0.2) is 79.4 Å². The first-order chi connectivity index (χ1) is 31.6. The summed E-state index contributed by atoms with van der Waals surface area (Å²) >= 11 is 17.0. The van der Waals surface area contributed by atoms with Gasteiger partial charge >= 0.3 is 6.18 Å². The maximum absolute atomic E-state index is 13.3. The number of piperidine rings is 1. The number of nitrogens with zero attached hydrogens (tertiary/aromatic N) is 8. The van der Waals surface area contributed by atoms with Crippen molar-refractivity contribution in [1.82, 2.24) is 39.7 Å². The lowest BCUT2D eigenvalue weighted by Gasteiger charge is -2.29. The van der Waals surface area contributed by atoms with Crippen LogP contribution in [0.25, 0.3) is 22.5 Å². The number of thiocarbonyl (C=S) groups is 2. The van der Waals surface area contributed by atoms with Gasteiger partial charge in [0.05, 0.1) is 50.2 Å². The van der Waals surface area contributed by atoms with Crippen molar-refractivity contribution in [3.63, 3.8) is 0 Å². The van der Waals surface area contributed by atoms with Gasteiger partial charge in [-0.15, -0.1) is 0 Å². The van der Waals surface area contributed by atoms with Gasteiger partial charge in [-0.25, -0.2) is 24.9 Å². The van der Waals surface area contributed by atoms with E-state index in [4.69, 9.17) is 41.0 Å². The summed E-state index contributed by atoms with van der Waals surface area (Å²) in [5.74, 6) is 1.67. The smallest absolute Gasteiger partial charge is 0.367 e. The molecule has 7 heterocycles. The summed E-state index contributed by atoms with van der Waals surface area (Å²) in [6.07, 6.45) is 7.85. The zero-order valence-electron chi connectivity index (χ0n) is 36.9. The van der Waals surface area contributed by atoms with Crippen LogP contribution in [0.3, 0.4) is 0 Å². The van der Waals surface area contributed by atoms with E-state index >= 15 is 0 Å². The summed E-state index contributed by atoms with van der Waals surface area (Å²) in [5.41, 5.74) is 8.58. The number of fused-ring (bicyclic) bond motifs is 6.